The summed E-state index contributed by atoms with van der Waals surface area (Å²) < 4.78 is 4.86. The van der Waals surface area contributed by atoms with Crippen LogP contribution in [-0.2, 0) is 14.3 Å². The first-order valence-electron chi connectivity index (χ1n) is 5.63. The molecule has 0 spiro atoms. The van der Waals surface area contributed by atoms with Gasteiger partial charge in [-0.15, -0.1) is 0 Å². The highest BCUT2D eigenvalue weighted by Crippen LogP contribution is 2.13. The van der Waals surface area contributed by atoms with Gasteiger partial charge < -0.3 is 4.74 Å². The Hall–Kier alpha value is -1.08. The van der Waals surface area contributed by atoms with Crippen molar-refractivity contribution in [3.63, 3.8) is 0 Å². The summed E-state index contributed by atoms with van der Waals surface area (Å²) in [6, 6.07) is 0. The smallest absolute Gasteiger partial charge is 0.313 e. The lowest BCUT2D eigenvalue weighted by atomic mass is 10.0. The molecule has 1 atom stereocenters. The Morgan fingerprint density at radius 2 is 2.07 bits per heavy atom. The van der Waals surface area contributed by atoms with E-state index in [-0.39, 0.29) is 5.97 Å². The van der Waals surface area contributed by atoms with Crippen LogP contribution in [0, 0.1) is 5.92 Å². The van der Waals surface area contributed by atoms with E-state index in [2.05, 4.69) is 6.92 Å². The van der Waals surface area contributed by atoms with Gasteiger partial charge in [-0.1, -0.05) is 32.6 Å². The quantitative estimate of drug-likeness (QED) is 0.353. The standard InChI is InChI=1S/C12H20O3/c1-3-5-6-7-8-11(9-10-13)12(14)15-4-2/h9,11H,3-8H2,1-2H3. The minimum Gasteiger partial charge on any atom is -0.466 e. The van der Waals surface area contributed by atoms with Crippen molar-refractivity contribution < 1.29 is 14.3 Å². The molecule has 0 saturated heterocycles. The van der Waals surface area contributed by atoms with Crippen molar-refractivity contribution in [2.24, 2.45) is 5.92 Å². The number of unbranched alkanes of at least 4 members (excludes halogenated alkanes) is 3. The maximum Gasteiger partial charge on any atom is 0.313 e. The fourth-order valence-corrected chi connectivity index (χ4v) is 1.39. The van der Waals surface area contributed by atoms with E-state index in [0.29, 0.717) is 13.0 Å². The Kier molecular flexibility index (Phi) is 8.79. The van der Waals surface area contributed by atoms with Crippen LogP contribution in [0.1, 0.15) is 46.0 Å². The number of esters is 1. The third-order valence-electron chi connectivity index (χ3n) is 2.23. The van der Waals surface area contributed by atoms with Crippen LogP contribution in [-0.4, -0.2) is 18.5 Å². The van der Waals surface area contributed by atoms with Crippen molar-refractivity contribution in [1.82, 2.24) is 0 Å². The Balaban J connectivity index is 3.93. The van der Waals surface area contributed by atoms with E-state index >= 15 is 0 Å². The third-order valence-corrected chi connectivity index (χ3v) is 2.23. The molecule has 0 bridgehead atoms. The maximum absolute atomic E-state index is 11.4. The summed E-state index contributed by atoms with van der Waals surface area (Å²) in [5, 5.41) is 0. The number of hydrogen-bond acceptors (Lipinski definition) is 3. The van der Waals surface area contributed by atoms with E-state index in [1.54, 1.807) is 12.9 Å². The lowest BCUT2D eigenvalue weighted by Gasteiger charge is -2.09. The van der Waals surface area contributed by atoms with E-state index in [1.165, 1.54) is 12.5 Å². The van der Waals surface area contributed by atoms with E-state index in [1.807, 2.05) is 0 Å². The Morgan fingerprint density at radius 3 is 2.60 bits per heavy atom. The Labute approximate surface area is 91.5 Å². The second kappa shape index (κ2) is 9.47. The number of carbonyl (C=O) groups excluding carboxylic acids is 2. The van der Waals surface area contributed by atoms with Gasteiger partial charge in [-0.2, -0.15) is 0 Å². The molecule has 0 aliphatic heterocycles. The minimum atomic E-state index is -0.403. The van der Waals surface area contributed by atoms with Gasteiger partial charge >= 0.3 is 5.97 Å². The van der Waals surface area contributed by atoms with Crippen LogP contribution in [0.3, 0.4) is 0 Å². The molecule has 0 aliphatic rings. The number of rotatable bonds is 8. The second-order valence-electron chi connectivity index (χ2n) is 3.49. The van der Waals surface area contributed by atoms with Crippen molar-refractivity contribution in [1.29, 1.82) is 0 Å². The zero-order chi connectivity index (χ0) is 11.5. The summed E-state index contributed by atoms with van der Waals surface area (Å²) in [7, 11) is 0. The van der Waals surface area contributed by atoms with Gasteiger partial charge in [0.2, 0.25) is 0 Å². The van der Waals surface area contributed by atoms with E-state index < -0.39 is 5.92 Å². The topological polar surface area (TPSA) is 43.4 Å². The van der Waals surface area contributed by atoms with Crippen molar-refractivity contribution in [2.75, 3.05) is 6.61 Å². The molecule has 0 N–H and O–H groups in total. The van der Waals surface area contributed by atoms with Crippen LogP contribution in [0.4, 0.5) is 0 Å². The largest absolute Gasteiger partial charge is 0.466 e. The highest BCUT2D eigenvalue weighted by Gasteiger charge is 2.16. The van der Waals surface area contributed by atoms with Crippen LogP contribution >= 0.6 is 0 Å². The minimum absolute atomic E-state index is 0.308. The molecule has 0 heterocycles. The number of hydrogen-bond donors (Lipinski definition) is 0. The van der Waals surface area contributed by atoms with E-state index in [9.17, 15) is 9.59 Å². The first kappa shape index (κ1) is 13.9. The maximum atomic E-state index is 11.4. The summed E-state index contributed by atoms with van der Waals surface area (Å²) >= 11 is 0. The van der Waals surface area contributed by atoms with E-state index in [0.717, 1.165) is 19.3 Å². The predicted molar refractivity (Wildman–Crippen MR) is 59.1 cm³/mol. The zero-order valence-corrected chi connectivity index (χ0v) is 9.62. The molecule has 0 aliphatic carbocycles. The normalized spacial score (nSPS) is 11.6. The van der Waals surface area contributed by atoms with Gasteiger partial charge in [-0.25, -0.2) is 4.79 Å². The summed E-state index contributed by atoms with van der Waals surface area (Å²) in [5.74, 6) is 0.961. The predicted octanol–water partition coefficient (Wildman–Crippen LogP) is 2.52. The molecule has 0 radical (unpaired) electrons. The molecule has 86 valence electrons. The fourth-order valence-electron chi connectivity index (χ4n) is 1.39. The first-order valence-corrected chi connectivity index (χ1v) is 5.63. The SMILES string of the molecule is CCCCCCC(C=C=O)C(=O)OCC. The average Bonchev–Trinajstić information content (AvgIpc) is 2.23. The Morgan fingerprint density at radius 1 is 1.33 bits per heavy atom. The molecule has 0 aromatic rings. The molecule has 0 aromatic carbocycles. The molecule has 1 unspecified atom stereocenters. The van der Waals surface area contributed by atoms with Crippen LogP contribution in [0.15, 0.2) is 6.08 Å². The van der Waals surface area contributed by atoms with Crippen LogP contribution in [0.5, 0.6) is 0 Å². The van der Waals surface area contributed by atoms with Crippen LogP contribution in [0.25, 0.3) is 0 Å². The van der Waals surface area contributed by atoms with Crippen molar-refractivity contribution in [3.8, 4) is 0 Å². The van der Waals surface area contributed by atoms with Gasteiger partial charge in [0, 0.05) is 6.08 Å². The molecule has 0 saturated carbocycles. The molecule has 3 heteroatoms. The lowest BCUT2D eigenvalue weighted by molar-refractivity contribution is -0.146. The molecule has 0 rings (SSSR count). The van der Waals surface area contributed by atoms with Gasteiger partial charge in [0.05, 0.1) is 12.5 Å². The fraction of sp³-hybridized carbons (Fsp3) is 0.750. The highest BCUT2D eigenvalue weighted by molar-refractivity contribution is 5.76. The van der Waals surface area contributed by atoms with Crippen LogP contribution < -0.4 is 0 Å². The van der Waals surface area contributed by atoms with Gasteiger partial charge in [-0.3, -0.25) is 4.79 Å². The summed E-state index contributed by atoms with van der Waals surface area (Å²) in [4.78, 5) is 21.6. The van der Waals surface area contributed by atoms with Gasteiger partial charge in [0.25, 0.3) is 0 Å². The molecular formula is C12H20O3. The van der Waals surface area contributed by atoms with Crippen molar-refractivity contribution in [2.45, 2.75) is 46.0 Å². The van der Waals surface area contributed by atoms with E-state index in [4.69, 9.17) is 4.74 Å². The molecule has 15 heavy (non-hydrogen) atoms. The second-order valence-corrected chi connectivity index (χ2v) is 3.49. The number of ether oxygens (including phenoxy) is 1. The van der Waals surface area contributed by atoms with Crippen molar-refractivity contribution in [3.05, 3.63) is 6.08 Å². The average molecular weight is 212 g/mol. The van der Waals surface area contributed by atoms with Crippen molar-refractivity contribution >= 4 is 11.9 Å². The van der Waals surface area contributed by atoms with Crippen LogP contribution in [0.2, 0.25) is 0 Å². The molecule has 0 fully saturated rings. The summed E-state index contributed by atoms with van der Waals surface area (Å²) in [6.07, 6.45) is 6.33. The van der Waals surface area contributed by atoms with Gasteiger partial charge in [0.1, 0.15) is 5.94 Å². The first-order chi connectivity index (χ1) is 7.26. The van der Waals surface area contributed by atoms with Gasteiger partial charge in [-0.05, 0) is 13.3 Å². The molecule has 0 aromatic heterocycles. The zero-order valence-electron chi connectivity index (χ0n) is 9.62. The lowest BCUT2D eigenvalue weighted by Crippen LogP contribution is -2.16. The number of carbonyl (C=O) groups is 1. The summed E-state index contributed by atoms with van der Waals surface area (Å²) in [6.45, 7) is 4.25. The summed E-state index contributed by atoms with van der Waals surface area (Å²) in [5.41, 5.74) is 0. The third kappa shape index (κ3) is 6.92. The molecule has 3 nitrogen and oxygen atoms in total. The molecular weight excluding hydrogens is 192 g/mol. The highest BCUT2D eigenvalue weighted by atomic mass is 16.5. The Bertz CT molecular complexity index is 217. The molecule has 0 amide bonds. The van der Waals surface area contributed by atoms with Gasteiger partial charge in [0.15, 0.2) is 0 Å². The monoisotopic (exact) mass is 212 g/mol.